The average Bonchev–Trinajstić information content (AvgIpc) is 2.23. The molecule has 0 radical (unpaired) electrons. The molecule has 0 bridgehead atoms. The van der Waals surface area contributed by atoms with Gasteiger partial charge in [0.1, 0.15) is 5.82 Å². The van der Waals surface area contributed by atoms with Gasteiger partial charge in [0.05, 0.1) is 0 Å². The zero-order valence-electron chi connectivity index (χ0n) is 9.88. The van der Waals surface area contributed by atoms with Crippen LogP contribution in [-0.2, 0) is 0 Å². The first kappa shape index (κ1) is 11.6. The van der Waals surface area contributed by atoms with Crippen molar-refractivity contribution in [2.45, 2.75) is 38.6 Å². The largest absolute Gasteiger partial charge is 0.310 e. The van der Waals surface area contributed by atoms with Crippen molar-refractivity contribution in [3.05, 3.63) is 35.6 Å². The molecule has 0 amide bonds. The summed E-state index contributed by atoms with van der Waals surface area (Å²) in [6, 6.07) is 7.26. The highest BCUT2D eigenvalue weighted by atomic mass is 19.1. The minimum absolute atomic E-state index is 0.0875. The van der Waals surface area contributed by atoms with Crippen molar-refractivity contribution in [3.8, 4) is 0 Å². The maximum atomic E-state index is 13.6. The fourth-order valence-electron chi connectivity index (χ4n) is 2.24. The van der Waals surface area contributed by atoms with E-state index in [1.54, 1.807) is 12.1 Å². The predicted octanol–water partition coefficient (Wildman–Crippen LogP) is 3.67. The summed E-state index contributed by atoms with van der Waals surface area (Å²) in [4.78, 5) is 0. The molecule has 1 aromatic carbocycles. The zero-order valence-corrected chi connectivity index (χ0v) is 9.88. The second-order valence-corrected chi connectivity index (χ2v) is 4.69. The first-order valence-corrected chi connectivity index (χ1v) is 6.29. The van der Waals surface area contributed by atoms with E-state index in [0.29, 0.717) is 0 Å². The van der Waals surface area contributed by atoms with Gasteiger partial charge in [0.25, 0.3) is 0 Å². The molecular formula is C14H20FN. The van der Waals surface area contributed by atoms with Gasteiger partial charge in [0.15, 0.2) is 0 Å². The minimum Gasteiger partial charge on any atom is -0.310 e. The Morgan fingerprint density at radius 2 is 2.12 bits per heavy atom. The quantitative estimate of drug-likeness (QED) is 0.800. The second-order valence-electron chi connectivity index (χ2n) is 4.69. The third-order valence-electron chi connectivity index (χ3n) is 3.57. The van der Waals surface area contributed by atoms with E-state index in [2.05, 4.69) is 12.2 Å². The Kier molecular flexibility index (Phi) is 3.94. The van der Waals surface area contributed by atoms with E-state index in [9.17, 15) is 4.39 Å². The van der Waals surface area contributed by atoms with Gasteiger partial charge in [-0.15, -0.1) is 0 Å². The van der Waals surface area contributed by atoms with Crippen molar-refractivity contribution in [2.75, 3.05) is 6.54 Å². The van der Waals surface area contributed by atoms with E-state index < -0.39 is 0 Å². The molecule has 1 N–H and O–H groups in total. The molecular weight excluding hydrogens is 201 g/mol. The summed E-state index contributed by atoms with van der Waals surface area (Å²) in [5, 5.41) is 3.49. The highest BCUT2D eigenvalue weighted by molar-refractivity contribution is 5.21. The first-order valence-electron chi connectivity index (χ1n) is 6.29. The van der Waals surface area contributed by atoms with Crippen LogP contribution in [-0.4, -0.2) is 6.54 Å². The first-order chi connectivity index (χ1) is 7.81. The maximum Gasteiger partial charge on any atom is 0.127 e. The SMILES string of the molecule is CCC(NCC1CCC1)c1ccccc1F. The highest BCUT2D eigenvalue weighted by Crippen LogP contribution is 2.27. The molecule has 1 unspecified atom stereocenters. The predicted molar refractivity (Wildman–Crippen MR) is 64.8 cm³/mol. The van der Waals surface area contributed by atoms with E-state index in [-0.39, 0.29) is 11.9 Å². The number of halogens is 1. The normalized spacial score (nSPS) is 18.1. The van der Waals surface area contributed by atoms with Gasteiger partial charge >= 0.3 is 0 Å². The molecule has 1 nitrogen and oxygen atoms in total. The molecule has 0 aromatic heterocycles. The lowest BCUT2D eigenvalue weighted by atomic mass is 9.85. The Morgan fingerprint density at radius 3 is 2.69 bits per heavy atom. The fraction of sp³-hybridized carbons (Fsp3) is 0.571. The van der Waals surface area contributed by atoms with Gasteiger partial charge in [0, 0.05) is 11.6 Å². The summed E-state index contributed by atoms with van der Waals surface area (Å²) in [5.74, 6) is 0.733. The molecule has 0 spiro atoms. The third-order valence-corrected chi connectivity index (χ3v) is 3.57. The smallest absolute Gasteiger partial charge is 0.127 e. The van der Waals surface area contributed by atoms with Crippen molar-refractivity contribution in [1.82, 2.24) is 5.32 Å². The molecule has 2 heteroatoms. The number of nitrogens with one attached hydrogen (secondary N) is 1. The van der Waals surface area contributed by atoms with Crippen molar-refractivity contribution >= 4 is 0 Å². The van der Waals surface area contributed by atoms with Crippen LogP contribution in [0.1, 0.15) is 44.2 Å². The number of rotatable bonds is 5. The van der Waals surface area contributed by atoms with E-state index in [1.807, 2.05) is 12.1 Å². The molecule has 1 saturated carbocycles. The number of hydrogen-bond donors (Lipinski definition) is 1. The maximum absolute atomic E-state index is 13.6. The Bertz CT molecular complexity index is 333. The number of hydrogen-bond acceptors (Lipinski definition) is 1. The molecule has 0 heterocycles. The molecule has 88 valence electrons. The van der Waals surface area contributed by atoms with Crippen LogP contribution >= 0.6 is 0 Å². The van der Waals surface area contributed by atoms with Crippen LogP contribution < -0.4 is 5.32 Å². The van der Waals surface area contributed by atoms with Crippen LogP contribution in [0, 0.1) is 11.7 Å². The lowest BCUT2D eigenvalue weighted by molar-refractivity contribution is 0.286. The van der Waals surface area contributed by atoms with E-state index in [0.717, 1.165) is 24.4 Å². The molecule has 1 aromatic rings. The van der Waals surface area contributed by atoms with Gasteiger partial charge in [0.2, 0.25) is 0 Å². The van der Waals surface area contributed by atoms with Crippen LogP contribution in [0.25, 0.3) is 0 Å². The summed E-state index contributed by atoms with van der Waals surface area (Å²) in [7, 11) is 0. The second kappa shape index (κ2) is 5.44. The van der Waals surface area contributed by atoms with Crippen LogP contribution in [0.5, 0.6) is 0 Å². The molecule has 1 aliphatic rings. The minimum atomic E-state index is -0.0875. The molecule has 16 heavy (non-hydrogen) atoms. The Morgan fingerprint density at radius 1 is 1.38 bits per heavy atom. The van der Waals surface area contributed by atoms with Gasteiger partial charge in [-0.3, -0.25) is 0 Å². The average molecular weight is 221 g/mol. The van der Waals surface area contributed by atoms with E-state index in [4.69, 9.17) is 0 Å². The zero-order chi connectivity index (χ0) is 11.4. The Balaban J connectivity index is 1.95. The van der Waals surface area contributed by atoms with Gasteiger partial charge in [-0.1, -0.05) is 31.5 Å². The lowest BCUT2D eigenvalue weighted by Crippen LogP contribution is -2.30. The van der Waals surface area contributed by atoms with E-state index >= 15 is 0 Å². The summed E-state index contributed by atoms with van der Waals surface area (Å²) in [6.07, 6.45) is 4.97. The van der Waals surface area contributed by atoms with Gasteiger partial charge < -0.3 is 5.32 Å². The topological polar surface area (TPSA) is 12.0 Å². The monoisotopic (exact) mass is 221 g/mol. The van der Waals surface area contributed by atoms with Crippen molar-refractivity contribution in [3.63, 3.8) is 0 Å². The van der Waals surface area contributed by atoms with Crippen LogP contribution in [0.4, 0.5) is 4.39 Å². The summed E-state index contributed by atoms with van der Waals surface area (Å²) >= 11 is 0. The summed E-state index contributed by atoms with van der Waals surface area (Å²) < 4.78 is 13.6. The van der Waals surface area contributed by atoms with Crippen molar-refractivity contribution < 1.29 is 4.39 Å². The standard InChI is InChI=1S/C14H20FN/c1-2-14(16-10-11-6-5-7-11)12-8-3-4-9-13(12)15/h3-4,8-9,11,14,16H,2,5-7,10H2,1H3. The molecule has 1 aliphatic carbocycles. The highest BCUT2D eigenvalue weighted by Gasteiger charge is 2.19. The molecule has 2 rings (SSSR count). The van der Waals surface area contributed by atoms with Gasteiger partial charge in [-0.25, -0.2) is 4.39 Å². The van der Waals surface area contributed by atoms with Crippen LogP contribution in [0.2, 0.25) is 0 Å². The molecule has 0 aliphatic heterocycles. The number of benzene rings is 1. The summed E-state index contributed by atoms with van der Waals surface area (Å²) in [6.45, 7) is 3.14. The molecule has 1 atom stereocenters. The Hall–Kier alpha value is -0.890. The fourth-order valence-corrected chi connectivity index (χ4v) is 2.24. The Labute approximate surface area is 97.1 Å². The summed E-state index contributed by atoms with van der Waals surface area (Å²) in [5.41, 5.74) is 0.810. The third kappa shape index (κ3) is 2.62. The molecule has 0 saturated heterocycles. The van der Waals surface area contributed by atoms with E-state index in [1.165, 1.54) is 19.3 Å². The molecule has 1 fully saturated rings. The van der Waals surface area contributed by atoms with Crippen LogP contribution in [0.15, 0.2) is 24.3 Å². The van der Waals surface area contributed by atoms with Gasteiger partial charge in [-0.2, -0.15) is 0 Å². The lowest BCUT2D eigenvalue weighted by Gasteiger charge is -2.28. The van der Waals surface area contributed by atoms with Crippen molar-refractivity contribution in [1.29, 1.82) is 0 Å². The van der Waals surface area contributed by atoms with Gasteiger partial charge in [-0.05, 0) is 37.8 Å². The van der Waals surface area contributed by atoms with Crippen LogP contribution in [0.3, 0.4) is 0 Å². The van der Waals surface area contributed by atoms with Crippen molar-refractivity contribution in [2.24, 2.45) is 5.92 Å².